The molecule has 0 aliphatic carbocycles. The van der Waals surface area contributed by atoms with Crippen LogP contribution in [0.1, 0.15) is 13.3 Å². The summed E-state index contributed by atoms with van der Waals surface area (Å²) in [5.74, 6) is 0.0760. The van der Waals surface area contributed by atoms with Crippen molar-refractivity contribution in [3.8, 4) is 0 Å². The summed E-state index contributed by atoms with van der Waals surface area (Å²) < 4.78 is 0.992. The Hall–Kier alpha value is -1.07. The second-order valence-electron chi connectivity index (χ2n) is 4.98. The van der Waals surface area contributed by atoms with E-state index in [9.17, 15) is 9.90 Å². The maximum Gasteiger partial charge on any atom is 0.245 e. The molecule has 1 aromatic rings. The molecule has 1 aromatic carbocycles. The maximum atomic E-state index is 12.3. The number of anilines is 1. The fourth-order valence-corrected chi connectivity index (χ4v) is 3.10. The quantitative estimate of drug-likeness (QED) is 0.922. The van der Waals surface area contributed by atoms with E-state index in [1.807, 2.05) is 31.3 Å². The number of aliphatic hydroxyl groups excluding tert-OH is 1. The molecular formula is C14H19BrN2O2. The van der Waals surface area contributed by atoms with Crippen LogP contribution in [0, 0.1) is 0 Å². The molecule has 5 heteroatoms. The summed E-state index contributed by atoms with van der Waals surface area (Å²) >= 11 is 3.46. The molecule has 1 N–H and O–H groups in total. The number of aliphatic hydroxyl groups is 1. The third kappa shape index (κ3) is 2.92. The summed E-state index contributed by atoms with van der Waals surface area (Å²) in [4.78, 5) is 16.2. The van der Waals surface area contributed by atoms with E-state index in [4.69, 9.17) is 0 Å². The molecule has 1 amide bonds. The van der Waals surface area contributed by atoms with E-state index < -0.39 is 0 Å². The molecule has 0 saturated carbocycles. The van der Waals surface area contributed by atoms with Crippen LogP contribution in [0.2, 0.25) is 0 Å². The first kappa shape index (κ1) is 14.3. The monoisotopic (exact) mass is 326 g/mol. The topological polar surface area (TPSA) is 43.8 Å². The average Bonchev–Trinajstić information content (AvgIpc) is 2.36. The normalized spacial score (nSPS) is 23.9. The Morgan fingerprint density at radius 1 is 1.47 bits per heavy atom. The standard InChI is InChI=1S/C14H19BrN2O2/c1-10-9-16(2)14(19)13(6-7-18)17(10)12-5-3-4-11(15)8-12/h3-5,8,10,13,18H,6-7,9H2,1-2H3. The Kier molecular flexibility index (Phi) is 4.47. The van der Waals surface area contributed by atoms with Crippen molar-refractivity contribution in [3.63, 3.8) is 0 Å². The summed E-state index contributed by atoms with van der Waals surface area (Å²) in [6, 6.07) is 7.89. The van der Waals surface area contributed by atoms with E-state index >= 15 is 0 Å². The van der Waals surface area contributed by atoms with Gasteiger partial charge in [0.1, 0.15) is 6.04 Å². The van der Waals surface area contributed by atoms with Gasteiger partial charge in [0.15, 0.2) is 0 Å². The first-order chi connectivity index (χ1) is 9.04. The summed E-state index contributed by atoms with van der Waals surface area (Å²) in [5.41, 5.74) is 1.02. The zero-order valence-electron chi connectivity index (χ0n) is 11.2. The highest BCUT2D eigenvalue weighted by atomic mass is 79.9. The second-order valence-corrected chi connectivity index (χ2v) is 5.90. The predicted octanol–water partition coefficient (Wildman–Crippen LogP) is 1.87. The number of nitrogens with zero attached hydrogens (tertiary/aromatic N) is 2. The highest BCUT2D eigenvalue weighted by Crippen LogP contribution is 2.28. The van der Waals surface area contributed by atoms with E-state index in [-0.39, 0.29) is 24.6 Å². The van der Waals surface area contributed by atoms with Crippen LogP contribution in [0.4, 0.5) is 5.69 Å². The molecule has 0 radical (unpaired) electrons. The fraction of sp³-hybridized carbons (Fsp3) is 0.500. The zero-order valence-corrected chi connectivity index (χ0v) is 12.8. The number of carbonyl (C=O) groups excluding carboxylic acids is 1. The van der Waals surface area contributed by atoms with E-state index in [0.717, 1.165) is 10.2 Å². The summed E-state index contributed by atoms with van der Waals surface area (Å²) in [7, 11) is 1.82. The van der Waals surface area contributed by atoms with Crippen molar-refractivity contribution in [2.45, 2.75) is 25.4 Å². The lowest BCUT2D eigenvalue weighted by atomic mass is 10.0. The maximum absolute atomic E-state index is 12.3. The van der Waals surface area contributed by atoms with E-state index in [2.05, 4.69) is 27.8 Å². The molecule has 1 fully saturated rings. The molecule has 1 heterocycles. The molecule has 1 aliphatic heterocycles. The Labute approximate surface area is 122 Å². The number of halogens is 1. The summed E-state index contributed by atoms with van der Waals surface area (Å²) in [6.45, 7) is 2.82. The molecule has 2 atom stereocenters. The number of piperazine rings is 1. The van der Waals surface area contributed by atoms with Gasteiger partial charge in [-0.1, -0.05) is 22.0 Å². The predicted molar refractivity (Wildman–Crippen MR) is 79.2 cm³/mol. The third-order valence-electron chi connectivity index (χ3n) is 3.52. The van der Waals surface area contributed by atoms with Crippen LogP contribution in [0.5, 0.6) is 0 Å². The lowest BCUT2D eigenvalue weighted by molar-refractivity contribution is -0.134. The van der Waals surface area contributed by atoms with Crippen molar-refractivity contribution < 1.29 is 9.90 Å². The lowest BCUT2D eigenvalue weighted by Crippen LogP contribution is -2.60. The van der Waals surface area contributed by atoms with Gasteiger partial charge in [0, 0.05) is 36.4 Å². The molecule has 2 unspecified atom stereocenters. The van der Waals surface area contributed by atoms with E-state index in [0.29, 0.717) is 13.0 Å². The first-order valence-electron chi connectivity index (χ1n) is 6.44. The fourth-order valence-electron chi connectivity index (χ4n) is 2.71. The molecule has 4 nitrogen and oxygen atoms in total. The van der Waals surface area contributed by atoms with Crippen molar-refractivity contribution in [3.05, 3.63) is 28.7 Å². The highest BCUT2D eigenvalue weighted by Gasteiger charge is 2.36. The third-order valence-corrected chi connectivity index (χ3v) is 4.01. The van der Waals surface area contributed by atoms with Crippen LogP contribution in [0.15, 0.2) is 28.7 Å². The van der Waals surface area contributed by atoms with Crippen molar-refractivity contribution in [1.29, 1.82) is 0 Å². The molecule has 1 aliphatic rings. The number of hydrogen-bond acceptors (Lipinski definition) is 3. The largest absolute Gasteiger partial charge is 0.396 e. The molecule has 2 rings (SSSR count). The zero-order chi connectivity index (χ0) is 14.0. The first-order valence-corrected chi connectivity index (χ1v) is 7.23. The molecule has 1 saturated heterocycles. The SMILES string of the molecule is CC1CN(C)C(=O)C(CCO)N1c1cccc(Br)c1. The van der Waals surface area contributed by atoms with E-state index in [1.165, 1.54) is 0 Å². The lowest BCUT2D eigenvalue weighted by Gasteiger charge is -2.45. The molecular weight excluding hydrogens is 308 g/mol. The van der Waals surface area contributed by atoms with Gasteiger partial charge in [-0.05, 0) is 31.5 Å². The van der Waals surface area contributed by atoms with Crippen molar-refractivity contribution in [2.75, 3.05) is 25.1 Å². The van der Waals surface area contributed by atoms with Crippen LogP contribution in [0.3, 0.4) is 0 Å². The van der Waals surface area contributed by atoms with Crippen LogP contribution in [-0.2, 0) is 4.79 Å². The minimum absolute atomic E-state index is 0.0153. The minimum atomic E-state index is -0.284. The smallest absolute Gasteiger partial charge is 0.245 e. The van der Waals surface area contributed by atoms with Crippen LogP contribution in [0.25, 0.3) is 0 Å². The van der Waals surface area contributed by atoms with Crippen molar-refractivity contribution in [1.82, 2.24) is 4.90 Å². The van der Waals surface area contributed by atoms with Gasteiger partial charge in [0.05, 0.1) is 0 Å². The highest BCUT2D eigenvalue weighted by molar-refractivity contribution is 9.10. The Balaban J connectivity index is 2.36. The minimum Gasteiger partial charge on any atom is -0.396 e. The molecule has 0 aromatic heterocycles. The van der Waals surface area contributed by atoms with Gasteiger partial charge in [0.2, 0.25) is 5.91 Å². The van der Waals surface area contributed by atoms with Crippen LogP contribution in [-0.4, -0.2) is 48.2 Å². The Morgan fingerprint density at radius 3 is 2.84 bits per heavy atom. The second kappa shape index (κ2) is 5.92. The molecule has 0 spiro atoms. The van der Waals surface area contributed by atoms with Gasteiger partial charge in [-0.3, -0.25) is 4.79 Å². The number of carbonyl (C=O) groups is 1. The number of rotatable bonds is 3. The summed E-state index contributed by atoms with van der Waals surface area (Å²) in [5, 5.41) is 9.22. The van der Waals surface area contributed by atoms with Crippen molar-refractivity contribution >= 4 is 27.5 Å². The van der Waals surface area contributed by atoms with Gasteiger partial charge in [-0.15, -0.1) is 0 Å². The number of hydrogen-bond donors (Lipinski definition) is 1. The average molecular weight is 327 g/mol. The van der Waals surface area contributed by atoms with Gasteiger partial charge >= 0.3 is 0 Å². The Morgan fingerprint density at radius 2 is 2.21 bits per heavy atom. The van der Waals surface area contributed by atoms with E-state index in [1.54, 1.807) is 4.90 Å². The summed E-state index contributed by atoms with van der Waals surface area (Å²) in [6.07, 6.45) is 0.458. The number of benzene rings is 1. The molecule has 104 valence electrons. The van der Waals surface area contributed by atoms with Gasteiger partial charge in [-0.2, -0.15) is 0 Å². The molecule has 19 heavy (non-hydrogen) atoms. The van der Waals surface area contributed by atoms with Crippen LogP contribution < -0.4 is 4.90 Å². The number of amides is 1. The van der Waals surface area contributed by atoms with Gasteiger partial charge in [-0.25, -0.2) is 0 Å². The molecule has 0 bridgehead atoms. The van der Waals surface area contributed by atoms with Crippen molar-refractivity contribution in [2.24, 2.45) is 0 Å². The van der Waals surface area contributed by atoms with Gasteiger partial charge in [0.25, 0.3) is 0 Å². The number of likely N-dealkylation sites (N-methyl/N-ethyl adjacent to an activating group) is 1. The van der Waals surface area contributed by atoms with Crippen LogP contribution >= 0.6 is 15.9 Å². The van der Waals surface area contributed by atoms with Gasteiger partial charge < -0.3 is 14.9 Å². The Bertz CT molecular complexity index is 467.